The zero-order valence-electron chi connectivity index (χ0n) is 15.9. The van der Waals surface area contributed by atoms with Crippen LogP contribution in [-0.4, -0.2) is 41.4 Å². The van der Waals surface area contributed by atoms with Crippen molar-refractivity contribution in [3.8, 4) is 0 Å². The molecule has 0 saturated carbocycles. The highest BCUT2D eigenvalue weighted by atomic mass is 16.2. The number of likely N-dealkylation sites (tertiary alicyclic amines) is 1. The van der Waals surface area contributed by atoms with Crippen molar-refractivity contribution in [1.82, 2.24) is 15.1 Å². The fraction of sp³-hybridized carbons (Fsp3) is 0.550. The number of benzene rings is 1. The standard InChI is InChI=1S/C20H28N4O2/c1-4-23-11-9-15(10-12-23)21-19(25)18-16-7-5-6-8-17(16)20(26)24(22-18)13-14(2)3/h5-8,14-15H,4,9-13H2,1-3H3,(H,21,25)/p+1. The van der Waals surface area contributed by atoms with Crippen molar-refractivity contribution in [3.63, 3.8) is 0 Å². The van der Waals surface area contributed by atoms with Gasteiger partial charge >= 0.3 is 0 Å². The molecule has 6 nitrogen and oxygen atoms in total. The summed E-state index contributed by atoms with van der Waals surface area (Å²) in [5.74, 6) is 0.0993. The van der Waals surface area contributed by atoms with E-state index in [1.165, 1.54) is 4.68 Å². The van der Waals surface area contributed by atoms with E-state index in [4.69, 9.17) is 0 Å². The highest BCUT2D eigenvalue weighted by Crippen LogP contribution is 2.14. The van der Waals surface area contributed by atoms with E-state index < -0.39 is 0 Å². The van der Waals surface area contributed by atoms with Crippen molar-refractivity contribution in [2.45, 2.75) is 46.2 Å². The zero-order valence-corrected chi connectivity index (χ0v) is 15.9. The number of rotatable bonds is 5. The number of hydrogen-bond donors (Lipinski definition) is 2. The molecule has 1 fully saturated rings. The third-order valence-electron chi connectivity index (χ3n) is 5.15. The third kappa shape index (κ3) is 3.96. The van der Waals surface area contributed by atoms with Crippen LogP contribution in [0.5, 0.6) is 0 Å². The average Bonchev–Trinajstić information content (AvgIpc) is 2.64. The third-order valence-corrected chi connectivity index (χ3v) is 5.15. The second-order valence-corrected chi connectivity index (χ2v) is 7.63. The first-order valence-electron chi connectivity index (χ1n) is 9.63. The number of aromatic nitrogens is 2. The van der Waals surface area contributed by atoms with Crippen molar-refractivity contribution in [1.29, 1.82) is 0 Å². The van der Waals surface area contributed by atoms with Crippen molar-refractivity contribution < 1.29 is 9.69 Å². The lowest BCUT2D eigenvalue weighted by Crippen LogP contribution is -3.13. The Labute approximate surface area is 154 Å². The minimum Gasteiger partial charge on any atom is -0.347 e. The van der Waals surface area contributed by atoms with Crippen LogP contribution >= 0.6 is 0 Å². The Kier molecular flexibility index (Phi) is 5.71. The molecule has 0 radical (unpaired) electrons. The molecule has 2 N–H and O–H groups in total. The normalized spacial score (nSPS) is 20.5. The van der Waals surface area contributed by atoms with Gasteiger partial charge < -0.3 is 10.2 Å². The first-order valence-corrected chi connectivity index (χ1v) is 9.63. The number of nitrogens with one attached hydrogen (secondary N) is 2. The molecule has 1 aliphatic heterocycles. The Morgan fingerprint density at radius 2 is 1.92 bits per heavy atom. The molecule has 3 rings (SSSR count). The summed E-state index contributed by atoms with van der Waals surface area (Å²) < 4.78 is 1.44. The zero-order chi connectivity index (χ0) is 18.7. The number of piperidine rings is 1. The lowest BCUT2D eigenvalue weighted by Gasteiger charge is -2.29. The summed E-state index contributed by atoms with van der Waals surface area (Å²) in [5, 5.41) is 8.75. The van der Waals surface area contributed by atoms with Gasteiger partial charge in [0.15, 0.2) is 5.69 Å². The molecule has 0 aliphatic carbocycles. The molecule has 6 heteroatoms. The monoisotopic (exact) mass is 357 g/mol. The maximum atomic E-state index is 12.9. The van der Waals surface area contributed by atoms with Gasteiger partial charge in [0.25, 0.3) is 11.5 Å². The van der Waals surface area contributed by atoms with Crippen LogP contribution in [0.3, 0.4) is 0 Å². The summed E-state index contributed by atoms with van der Waals surface area (Å²) in [4.78, 5) is 27.2. The highest BCUT2D eigenvalue weighted by Gasteiger charge is 2.24. The Bertz CT molecular complexity index is 835. The smallest absolute Gasteiger partial charge is 0.274 e. The molecule has 26 heavy (non-hydrogen) atoms. The lowest BCUT2D eigenvalue weighted by atomic mass is 10.0. The highest BCUT2D eigenvalue weighted by molar-refractivity contribution is 6.04. The van der Waals surface area contributed by atoms with E-state index in [0.717, 1.165) is 32.5 Å². The summed E-state index contributed by atoms with van der Waals surface area (Å²) in [6.45, 7) is 10.1. The van der Waals surface area contributed by atoms with E-state index in [-0.39, 0.29) is 23.4 Å². The van der Waals surface area contributed by atoms with Gasteiger partial charge in [-0.2, -0.15) is 5.10 Å². The predicted molar refractivity (Wildman–Crippen MR) is 103 cm³/mol. The first-order chi connectivity index (χ1) is 12.5. The molecule has 2 heterocycles. The lowest BCUT2D eigenvalue weighted by molar-refractivity contribution is -0.903. The second-order valence-electron chi connectivity index (χ2n) is 7.63. The van der Waals surface area contributed by atoms with E-state index in [0.29, 0.717) is 23.0 Å². The number of carbonyl (C=O) groups is 1. The van der Waals surface area contributed by atoms with Gasteiger partial charge in [-0.1, -0.05) is 32.0 Å². The Hall–Kier alpha value is -2.21. The summed E-state index contributed by atoms with van der Waals surface area (Å²) in [6.07, 6.45) is 1.97. The second kappa shape index (κ2) is 7.99. The van der Waals surface area contributed by atoms with E-state index in [1.807, 2.05) is 32.0 Å². The largest absolute Gasteiger partial charge is 0.347 e. The summed E-state index contributed by atoms with van der Waals surface area (Å²) in [6, 6.07) is 7.44. The minimum atomic E-state index is -0.177. The maximum absolute atomic E-state index is 12.9. The summed E-state index contributed by atoms with van der Waals surface area (Å²) in [7, 11) is 0. The molecule has 1 aliphatic rings. The number of quaternary nitrogens is 1. The minimum absolute atomic E-state index is 0.134. The van der Waals surface area contributed by atoms with Gasteiger partial charge in [0.05, 0.1) is 25.0 Å². The number of hydrogen-bond acceptors (Lipinski definition) is 3. The average molecular weight is 357 g/mol. The Balaban J connectivity index is 1.89. The summed E-state index contributed by atoms with van der Waals surface area (Å²) in [5.41, 5.74) is 0.219. The molecule has 2 aromatic rings. The molecule has 0 atom stereocenters. The molecule has 1 saturated heterocycles. The van der Waals surface area contributed by atoms with Crippen LogP contribution in [0.15, 0.2) is 29.1 Å². The first kappa shape index (κ1) is 18.6. The molecular weight excluding hydrogens is 328 g/mol. The summed E-state index contributed by atoms with van der Waals surface area (Å²) >= 11 is 0. The van der Waals surface area contributed by atoms with Gasteiger partial charge in [0.2, 0.25) is 0 Å². The Morgan fingerprint density at radius 3 is 2.54 bits per heavy atom. The van der Waals surface area contributed by atoms with Gasteiger partial charge in [-0.3, -0.25) is 9.59 Å². The maximum Gasteiger partial charge on any atom is 0.274 e. The molecule has 1 amide bonds. The molecule has 140 valence electrons. The van der Waals surface area contributed by atoms with Crippen LogP contribution in [-0.2, 0) is 6.54 Å². The molecule has 0 unspecified atom stereocenters. The van der Waals surface area contributed by atoms with Crippen LogP contribution in [0.25, 0.3) is 10.8 Å². The number of amides is 1. The van der Waals surface area contributed by atoms with Crippen molar-refractivity contribution in [2.75, 3.05) is 19.6 Å². The fourth-order valence-electron chi connectivity index (χ4n) is 3.65. The van der Waals surface area contributed by atoms with Crippen LogP contribution < -0.4 is 15.8 Å². The van der Waals surface area contributed by atoms with Gasteiger partial charge in [0, 0.05) is 30.8 Å². The van der Waals surface area contributed by atoms with Crippen molar-refractivity contribution >= 4 is 16.7 Å². The van der Waals surface area contributed by atoms with Crippen molar-refractivity contribution in [3.05, 3.63) is 40.3 Å². The number of fused-ring (bicyclic) bond motifs is 1. The predicted octanol–water partition coefficient (Wildman–Crippen LogP) is 0.850. The molecular formula is C20H29N4O2+. The van der Waals surface area contributed by atoms with E-state index in [9.17, 15) is 9.59 Å². The van der Waals surface area contributed by atoms with Gasteiger partial charge in [-0.05, 0) is 18.9 Å². The van der Waals surface area contributed by atoms with Gasteiger partial charge in [-0.15, -0.1) is 0 Å². The van der Waals surface area contributed by atoms with Crippen molar-refractivity contribution in [2.24, 2.45) is 5.92 Å². The molecule has 1 aromatic carbocycles. The van der Waals surface area contributed by atoms with Crippen LogP contribution in [0, 0.1) is 5.92 Å². The molecule has 0 spiro atoms. The Morgan fingerprint density at radius 1 is 1.27 bits per heavy atom. The van der Waals surface area contributed by atoms with Crippen LogP contribution in [0.4, 0.5) is 0 Å². The van der Waals surface area contributed by atoms with Gasteiger partial charge in [0.1, 0.15) is 0 Å². The van der Waals surface area contributed by atoms with E-state index in [1.54, 1.807) is 11.0 Å². The topological polar surface area (TPSA) is 68.4 Å². The van der Waals surface area contributed by atoms with E-state index in [2.05, 4.69) is 17.3 Å². The van der Waals surface area contributed by atoms with Crippen LogP contribution in [0.2, 0.25) is 0 Å². The fourth-order valence-corrected chi connectivity index (χ4v) is 3.65. The molecule has 0 bridgehead atoms. The van der Waals surface area contributed by atoms with E-state index >= 15 is 0 Å². The molecule has 1 aromatic heterocycles. The SMILES string of the molecule is CC[NH+]1CCC(NC(=O)c2nn(CC(C)C)c(=O)c3ccccc23)CC1. The quantitative estimate of drug-likeness (QED) is 0.834. The van der Waals surface area contributed by atoms with Gasteiger partial charge in [-0.25, -0.2) is 4.68 Å². The number of nitrogens with zero attached hydrogens (tertiary/aromatic N) is 2. The van der Waals surface area contributed by atoms with Crippen LogP contribution in [0.1, 0.15) is 44.1 Å². The number of carbonyl (C=O) groups excluding carboxylic acids is 1.